The zero-order valence-corrected chi connectivity index (χ0v) is 16.7. The predicted octanol–water partition coefficient (Wildman–Crippen LogP) is 4.40. The van der Waals surface area contributed by atoms with Gasteiger partial charge in [0.15, 0.2) is 0 Å². The van der Waals surface area contributed by atoms with Gasteiger partial charge in [-0.15, -0.1) is 0 Å². The van der Waals surface area contributed by atoms with Crippen molar-refractivity contribution < 1.29 is 9.59 Å². The van der Waals surface area contributed by atoms with Crippen molar-refractivity contribution in [3.63, 3.8) is 0 Å². The Morgan fingerprint density at radius 2 is 1.82 bits per heavy atom. The maximum Gasteiger partial charge on any atom is 0.255 e. The Hall–Kier alpha value is -2.82. The summed E-state index contributed by atoms with van der Waals surface area (Å²) >= 11 is 0. The fourth-order valence-corrected chi connectivity index (χ4v) is 4.15. The highest BCUT2D eigenvalue weighted by atomic mass is 16.2. The number of fused-ring (bicyclic) bond motifs is 3. The van der Waals surface area contributed by atoms with Gasteiger partial charge in [-0.05, 0) is 61.1 Å². The lowest BCUT2D eigenvalue weighted by molar-refractivity contribution is -0.120. The first-order valence-electron chi connectivity index (χ1n) is 10.1. The molecule has 4 rings (SSSR count). The van der Waals surface area contributed by atoms with Crippen LogP contribution in [0.2, 0.25) is 0 Å². The molecule has 1 atom stereocenters. The molecule has 5 nitrogen and oxygen atoms in total. The summed E-state index contributed by atoms with van der Waals surface area (Å²) in [5, 5.41) is 2.96. The van der Waals surface area contributed by atoms with E-state index in [2.05, 4.69) is 24.1 Å². The van der Waals surface area contributed by atoms with Gasteiger partial charge in [-0.25, -0.2) is 0 Å². The lowest BCUT2D eigenvalue weighted by Gasteiger charge is -2.44. The van der Waals surface area contributed by atoms with Crippen molar-refractivity contribution in [2.24, 2.45) is 0 Å². The number of anilines is 3. The van der Waals surface area contributed by atoms with E-state index in [0.29, 0.717) is 11.5 Å². The van der Waals surface area contributed by atoms with Crippen molar-refractivity contribution in [2.75, 3.05) is 28.7 Å². The molecule has 0 aromatic heterocycles. The number of nitrogens with one attached hydrogen (secondary N) is 1. The molecule has 2 aliphatic rings. The standard InChI is InChI=1S/C23H27N3O2/c1-15(2)16-7-10-18(11-8-16)24-22(27)17-9-12-19-21(14-17)25(3)23(28)20-6-4-5-13-26(19)20/h7-12,14-15,20H,4-6,13H2,1-3H3,(H,24,27)/t20-/m1/s1. The van der Waals surface area contributed by atoms with Gasteiger partial charge in [-0.1, -0.05) is 26.0 Å². The highest BCUT2D eigenvalue weighted by Gasteiger charge is 2.37. The molecule has 0 unspecified atom stereocenters. The van der Waals surface area contributed by atoms with Crippen LogP contribution in [0.3, 0.4) is 0 Å². The number of benzene rings is 2. The van der Waals surface area contributed by atoms with Crippen LogP contribution in [0.25, 0.3) is 0 Å². The van der Waals surface area contributed by atoms with Gasteiger partial charge in [0, 0.05) is 24.8 Å². The zero-order valence-electron chi connectivity index (χ0n) is 16.7. The largest absolute Gasteiger partial charge is 0.358 e. The summed E-state index contributed by atoms with van der Waals surface area (Å²) in [6.45, 7) is 5.18. The first-order chi connectivity index (χ1) is 13.5. The first-order valence-corrected chi connectivity index (χ1v) is 10.1. The Kier molecular flexibility index (Phi) is 4.84. The third kappa shape index (κ3) is 3.26. The normalized spacial score (nSPS) is 18.7. The Labute approximate surface area is 166 Å². The second kappa shape index (κ2) is 7.30. The van der Waals surface area contributed by atoms with Crippen molar-refractivity contribution in [1.82, 2.24) is 0 Å². The van der Waals surface area contributed by atoms with E-state index in [4.69, 9.17) is 0 Å². The molecule has 2 aliphatic heterocycles. The molecule has 2 aromatic carbocycles. The monoisotopic (exact) mass is 377 g/mol. The van der Waals surface area contributed by atoms with Crippen LogP contribution in [-0.4, -0.2) is 31.4 Å². The molecular formula is C23H27N3O2. The van der Waals surface area contributed by atoms with Crippen LogP contribution < -0.4 is 15.1 Å². The number of rotatable bonds is 3. The molecule has 0 saturated carbocycles. The summed E-state index contributed by atoms with van der Waals surface area (Å²) in [7, 11) is 1.80. The number of piperidine rings is 1. The minimum absolute atomic E-state index is 0.0644. The minimum atomic E-state index is -0.165. The highest BCUT2D eigenvalue weighted by Crippen LogP contribution is 2.39. The highest BCUT2D eigenvalue weighted by molar-refractivity contribution is 6.09. The molecule has 1 N–H and O–H groups in total. The van der Waals surface area contributed by atoms with E-state index in [9.17, 15) is 9.59 Å². The van der Waals surface area contributed by atoms with Crippen LogP contribution in [0.5, 0.6) is 0 Å². The van der Waals surface area contributed by atoms with E-state index in [-0.39, 0.29) is 17.9 Å². The minimum Gasteiger partial charge on any atom is -0.358 e. The summed E-state index contributed by atoms with van der Waals surface area (Å²) in [4.78, 5) is 29.4. The molecule has 146 valence electrons. The Bertz CT molecular complexity index is 905. The quantitative estimate of drug-likeness (QED) is 0.863. The van der Waals surface area contributed by atoms with Crippen LogP contribution in [0.1, 0.15) is 54.9 Å². The summed E-state index contributed by atoms with van der Waals surface area (Å²) in [6.07, 6.45) is 3.09. The van der Waals surface area contributed by atoms with Crippen molar-refractivity contribution in [3.05, 3.63) is 53.6 Å². The molecule has 0 radical (unpaired) electrons. The van der Waals surface area contributed by atoms with E-state index in [1.54, 1.807) is 11.9 Å². The molecule has 5 heteroatoms. The second-order valence-electron chi connectivity index (χ2n) is 8.04. The molecule has 28 heavy (non-hydrogen) atoms. The van der Waals surface area contributed by atoms with Gasteiger partial charge in [0.25, 0.3) is 5.91 Å². The third-order valence-corrected chi connectivity index (χ3v) is 5.86. The van der Waals surface area contributed by atoms with Crippen molar-refractivity contribution in [1.29, 1.82) is 0 Å². The molecule has 0 aliphatic carbocycles. The molecule has 0 bridgehead atoms. The Balaban J connectivity index is 1.58. The van der Waals surface area contributed by atoms with Crippen LogP contribution in [0, 0.1) is 0 Å². The van der Waals surface area contributed by atoms with Crippen molar-refractivity contribution >= 4 is 28.9 Å². The molecule has 2 heterocycles. The van der Waals surface area contributed by atoms with Gasteiger partial charge < -0.3 is 15.1 Å². The number of amides is 2. The summed E-state index contributed by atoms with van der Waals surface area (Å²) in [5.41, 5.74) is 4.42. The summed E-state index contributed by atoms with van der Waals surface area (Å²) < 4.78 is 0. The average Bonchev–Trinajstić information content (AvgIpc) is 2.72. The topological polar surface area (TPSA) is 52.7 Å². The predicted molar refractivity (Wildman–Crippen MR) is 113 cm³/mol. The molecular weight excluding hydrogens is 350 g/mol. The van der Waals surface area contributed by atoms with Gasteiger partial charge >= 0.3 is 0 Å². The third-order valence-electron chi connectivity index (χ3n) is 5.86. The van der Waals surface area contributed by atoms with Gasteiger partial charge in [0.2, 0.25) is 5.91 Å². The molecule has 1 saturated heterocycles. The number of carbonyl (C=O) groups is 2. The van der Waals surface area contributed by atoms with E-state index in [1.807, 2.05) is 42.5 Å². The van der Waals surface area contributed by atoms with Crippen LogP contribution in [0.4, 0.5) is 17.1 Å². The van der Waals surface area contributed by atoms with E-state index < -0.39 is 0 Å². The average molecular weight is 377 g/mol. The van der Waals surface area contributed by atoms with Gasteiger partial charge in [0.05, 0.1) is 11.4 Å². The van der Waals surface area contributed by atoms with Crippen LogP contribution >= 0.6 is 0 Å². The lowest BCUT2D eigenvalue weighted by atomic mass is 9.96. The lowest BCUT2D eigenvalue weighted by Crippen LogP contribution is -2.54. The molecule has 0 spiro atoms. The number of nitrogens with zero attached hydrogens (tertiary/aromatic N) is 2. The maximum atomic E-state index is 12.8. The van der Waals surface area contributed by atoms with Crippen molar-refractivity contribution in [3.8, 4) is 0 Å². The van der Waals surface area contributed by atoms with E-state index >= 15 is 0 Å². The Morgan fingerprint density at radius 3 is 2.54 bits per heavy atom. The Morgan fingerprint density at radius 1 is 1.07 bits per heavy atom. The smallest absolute Gasteiger partial charge is 0.255 e. The maximum absolute atomic E-state index is 12.8. The van der Waals surface area contributed by atoms with Gasteiger partial charge in [0.1, 0.15) is 6.04 Å². The fraction of sp³-hybridized carbons (Fsp3) is 0.391. The number of hydrogen-bond donors (Lipinski definition) is 1. The van der Waals surface area contributed by atoms with Crippen molar-refractivity contribution in [2.45, 2.75) is 45.1 Å². The molecule has 2 amide bonds. The SMILES string of the molecule is CC(C)c1ccc(NC(=O)c2ccc3c(c2)N(C)C(=O)[C@H]2CCCCN32)cc1. The van der Waals surface area contributed by atoms with Gasteiger partial charge in [-0.2, -0.15) is 0 Å². The summed E-state index contributed by atoms with van der Waals surface area (Å²) in [5.74, 6) is 0.410. The first kappa shape index (κ1) is 18.5. The summed E-state index contributed by atoms with van der Waals surface area (Å²) in [6, 6.07) is 13.5. The second-order valence-corrected chi connectivity index (χ2v) is 8.04. The zero-order chi connectivity index (χ0) is 19.8. The number of carbonyl (C=O) groups excluding carboxylic acids is 2. The van der Waals surface area contributed by atoms with E-state index in [1.165, 1.54) is 5.56 Å². The molecule has 1 fully saturated rings. The molecule has 2 aromatic rings. The van der Waals surface area contributed by atoms with E-state index in [0.717, 1.165) is 42.9 Å². The van der Waals surface area contributed by atoms with Gasteiger partial charge in [-0.3, -0.25) is 9.59 Å². The van der Waals surface area contributed by atoms with Crippen LogP contribution in [-0.2, 0) is 4.79 Å². The van der Waals surface area contributed by atoms with Crippen LogP contribution in [0.15, 0.2) is 42.5 Å². The number of hydrogen-bond acceptors (Lipinski definition) is 3. The fourth-order valence-electron chi connectivity index (χ4n) is 4.15. The number of likely N-dealkylation sites (N-methyl/N-ethyl adjacent to an activating group) is 1.